The molecule has 3 aliphatic heterocycles. The van der Waals surface area contributed by atoms with Crippen LogP contribution < -0.4 is 0 Å². The van der Waals surface area contributed by atoms with Gasteiger partial charge in [-0.2, -0.15) is 10.2 Å². The minimum atomic E-state index is -1.58. The van der Waals surface area contributed by atoms with Gasteiger partial charge < -0.3 is 9.64 Å². The minimum absolute atomic E-state index is 0.302. The van der Waals surface area contributed by atoms with Gasteiger partial charge >= 0.3 is 6.09 Å². The fourth-order valence-electron chi connectivity index (χ4n) is 3.44. The number of piperazine rings is 1. The van der Waals surface area contributed by atoms with Crippen LogP contribution in [0.5, 0.6) is 0 Å². The summed E-state index contributed by atoms with van der Waals surface area (Å²) in [7, 11) is 0. The van der Waals surface area contributed by atoms with Crippen molar-refractivity contribution in [1.29, 1.82) is 0 Å². The van der Waals surface area contributed by atoms with Crippen LogP contribution in [0.15, 0.2) is 10.2 Å². The zero-order valence-electron chi connectivity index (χ0n) is 13.9. The molecule has 8 heteroatoms. The lowest BCUT2D eigenvalue weighted by molar-refractivity contribution is -0.169. The molecule has 126 valence electrons. The molecule has 1 unspecified atom stereocenters. The van der Waals surface area contributed by atoms with Gasteiger partial charge in [0.2, 0.25) is 5.66 Å². The predicted octanol–water partition coefficient (Wildman–Crippen LogP) is 1.55. The van der Waals surface area contributed by atoms with Gasteiger partial charge in [0.25, 0.3) is 11.8 Å². The van der Waals surface area contributed by atoms with Gasteiger partial charge in [0.1, 0.15) is 11.6 Å². The van der Waals surface area contributed by atoms with Crippen molar-refractivity contribution in [3.63, 3.8) is 0 Å². The SMILES string of the molecule is CC1CN=N[C@@]12C(=O)N1CCC[C@H]1C(=O)N2C(=O)OC(C)(C)C. The Morgan fingerprint density at radius 2 is 2.04 bits per heavy atom. The van der Waals surface area contributed by atoms with E-state index >= 15 is 0 Å². The highest BCUT2D eigenvalue weighted by atomic mass is 16.6. The van der Waals surface area contributed by atoms with Gasteiger partial charge in [-0.1, -0.05) is 6.92 Å². The van der Waals surface area contributed by atoms with Crippen LogP contribution in [0, 0.1) is 5.92 Å². The maximum Gasteiger partial charge on any atom is 0.419 e. The summed E-state index contributed by atoms with van der Waals surface area (Å²) >= 11 is 0. The molecular formula is C15H22N4O4. The van der Waals surface area contributed by atoms with Gasteiger partial charge in [-0.15, -0.1) is 0 Å². The highest BCUT2D eigenvalue weighted by Crippen LogP contribution is 2.42. The van der Waals surface area contributed by atoms with Gasteiger partial charge in [0.15, 0.2) is 0 Å². The Morgan fingerprint density at radius 1 is 1.35 bits per heavy atom. The van der Waals surface area contributed by atoms with Crippen molar-refractivity contribution < 1.29 is 19.1 Å². The van der Waals surface area contributed by atoms with Crippen LogP contribution in [0.4, 0.5) is 4.79 Å². The van der Waals surface area contributed by atoms with E-state index in [9.17, 15) is 14.4 Å². The molecule has 3 rings (SSSR count). The first kappa shape index (κ1) is 15.9. The normalized spacial score (nSPS) is 33.6. The molecule has 2 saturated heterocycles. The molecule has 2 fully saturated rings. The predicted molar refractivity (Wildman–Crippen MR) is 79.4 cm³/mol. The van der Waals surface area contributed by atoms with Crippen LogP contribution in [0.3, 0.4) is 0 Å². The number of ether oxygens (including phenoxy) is 1. The molecule has 0 saturated carbocycles. The van der Waals surface area contributed by atoms with E-state index in [-0.39, 0.29) is 11.8 Å². The first-order valence-corrected chi connectivity index (χ1v) is 7.95. The number of nitrogens with zero attached hydrogens (tertiary/aromatic N) is 4. The Labute approximate surface area is 134 Å². The van der Waals surface area contributed by atoms with E-state index in [2.05, 4.69) is 10.2 Å². The third-order valence-corrected chi connectivity index (χ3v) is 4.52. The Kier molecular flexibility index (Phi) is 3.46. The summed E-state index contributed by atoms with van der Waals surface area (Å²) in [6.07, 6.45) is 0.479. The van der Waals surface area contributed by atoms with Crippen molar-refractivity contribution in [2.24, 2.45) is 16.1 Å². The largest absolute Gasteiger partial charge is 0.443 e. The highest BCUT2D eigenvalue weighted by molar-refractivity contribution is 6.07. The topological polar surface area (TPSA) is 91.6 Å². The zero-order valence-corrected chi connectivity index (χ0v) is 13.9. The number of carbonyl (C=O) groups excluding carboxylic acids is 3. The minimum Gasteiger partial charge on any atom is -0.443 e. The van der Waals surface area contributed by atoms with Crippen LogP contribution in [0.1, 0.15) is 40.5 Å². The van der Waals surface area contributed by atoms with E-state index in [1.54, 1.807) is 32.6 Å². The summed E-state index contributed by atoms with van der Waals surface area (Å²) in [6.45, 7) is 7.75. The molecule has 0 aromatic heterocycles. The molecule has 8 nitrogen and oxygen atoms in total. The highest BCUT2D eigenvalue weighted by Gasteiger charge is 2.65. The molecule has 3 heterocycles. The summed E-state index contributed by atoms with van der Waals surface area (Å²) < 4.78 is 5.37. The Balaban J connectivity index is 2.05. The van der Waals surface area contributed by atoms with Crippen molar-refractivity contribution in [3.8, 4) is 0 Å². The van der Waals surface area contributed by atoms with E-state index in [0.29, 0.717) is 19.5 Å². The summed E-state index contributed by atoms with van der Waals surface area (Å²) in [4.78, 5) is 41.1. The first-order valence-electron chi connectivity index (χ1n) is 7.95. The fraction of sp³-hybridized carbons (Fsp3) is 0.800. The Hall–Kier alpha value is -1.99. The van der Waals surface area contributed by atoms with Crippen molar-refractivity contribution in [2.75, 3.05) is 13.1 Å². The number of hydrogen-bond acceptors (Lipinski definition) is 6. The monoisotopic (exact) mass is 322 g/mol. The third-order valence-electron chi connectivity index (χ3n) is 4.52. The molecular weight excluding hydrogens is 300 g/mol. The summed E-state index contributed by atoms with van der Waals surface area (Å²) in [5.74, 6) is -1.10. The van der Waals surface area contributed by atoms with Crippen LogP contribution >= 0.6 is 0 Å². The average Bonchev–Trinajstić information content (AvgIpc) is 3.03. The zero-order chi connectivity index (χ0) is 17.0. The molecule has 0 N–H and O–H groups in total. The van der Waals surface area contributed by atoms with E-state index in [1.807, 2.05) is 0 Å². The second kappa shape index (κ2) is 5.01. The van der Waals surface area contributed by atoms with Gasteiger partial charge in [-0.25, -0.2) is 9.69 Å². The second-order valence-corrected chi connectivity index (χ2v) is 7.36. The maximum atomic E-state index is 13.0. The third kappa shape index (κ3) is 2.22. The van der Waals surface area contributed by atoms with Crippen LogP contribution in [0.25, 0.3) is 0 Å². The molecule has 3 aliphatic rings. The molecule has 1 spiro atoms. The number of rotatable bonds is 0. The van der Waals surface area contributed by atoms with Crippen molar-refractivity contribution >= 4 is 17.9 Å². The standard InChI is InChI=1S/C15H22N4O4/c1-9-8-16-17-15(9)12(21)18-7-5-6-10(18)11(20)19(15)13(22)23-14(2,3)4/h9-10H,5-8H2,1-4H3/t9?,10-,15-/m0/s1. The van der Waals surface area contributed by atoms with Crippen molar-refractivity contribution in [1.82, 2.24) is 9.80 Å². The first-order chi connectivity index (χ1) is 10.7. The lowest BCUT2D eigenvalue weighted by Gasteiger charge is -2.46. The maximum absolute atomic E-state index is 13.0. The number of imide groups is 1. The van der Waals surface area contributed by atoms with Crippen LogP contribution in [-0.4, -0.2) is 58.1 Å². The van der Waals surface area contributed by atoms with E-state index in [4.69, 9.17) is 4.74 Å². The molecule has 3 atom stereocenters. The quantitative estimate of drug-likeness (QED) is 0.676. The molecule has 0 aliphatic carbocycles. The number of amides is 3. The van der Waals surface area contributed by atoms with Gasteiger partial charge in [-0.3, -0.25) is 9.59 Å². The average molecular weight is 322 g/mol. The molecule has 0 radical (unpaired) electrons. The van der Waals surface area contributed by atoms with E-state index in [0.717, 1.165) is 11.3 Å². The molecule has 0 aromatic rings. The van der Waals surface area contributed by atoms with E-state index in [1.165, 1.54) is 0 Å². The summed E-state index contributed by atoms with van der Waals surface area (Å²) in [6, 6.07) is -0.594. The number of azo groups is 1. The number of carbonyl (C=O) groups is 3. The van der Waals surface area contributed by atoms with Gasteiger partial charge in [0.05, 0.1) is 6.54 Å². The van der Waals surface area contributed by atoms with Crippen molar-refractivity contribution in [2.45, 2.75) is 57.8 Å². The fourth-order valence-corrected chi connectivity index (χ4v) is 3.44. The summed E-state index contributed by atoms with van der Waals surface area (Å²) in [5, 5.41) is 8.02. The smallest absolute Gasteiger partial charge is 0.419 e. The lowest BCUT2D eigenvalue weighted by atomic mass is 9.89. The van der Waals surface area contributed by atoms with Crippen LogP contribution in [0.2, 0.25) is 0 Å². The number of fused-ring (bicyclic) bond motifs is 1. The molecule has 0 aromatic carbocycles. The Morgan fingerprint density at radius 3 is 2.61 bits per heavy atom. The lowest BCUT2D eigenvalue weighted by Crippen LogP contribution is -2.72. The Bertz CT molecular complexity index is 597. The number of hydrogen-bond donors (Lipinski definition) is 0. The molecule has 23 heavy (non-hydrogen) atoms. The van der Waals surface area contributed by atoms with Gasteiger partial charge in [0, 0.05) is 12.5 Å². The van der Waals surface area contributed by atoms with Crippen LogP contribution in [-0.2, 0) is 14.3 Å². The molecule has 3 amide bonds. The van der Waals surface area contributed by atoms with Gasteiger partial charge in [-0.05, 0) is 33.6 Å². The van der Waals surface area contributed by atoms with E-state index < -0.39 is 29.3 Å². The summed E-state index contributed by atoms with van der Waals surface area (Å²) in [5.41, 5.74) is -2.35. The molecule has 0 bridgehead atoms. The van der Waals surface area contributed by atoms with Crippen molar-refractivity contribution in [3.05, 3.63) is 0 Å². The second-order valence-electron chi connectivity index (χ2n) is 7.36.